The van der Waals surface area contributed by atoms with Crippen molar-refractivity contribution in [1.29, 1.82) is 0 Å². The van der Waals surface area contributed by atoms with Gasteiger partial charge in [-0.1, -0.05) is 0 Å². The number of hydrogen-bond acceptors (Lipinski definition) is 4. The van der Waals surface area contributed by atoms with Gasteiger partial charge in [-0.25, -0.2) is 4.79 Å². The molecule has 2 N–H and O–H groups in total. The van der Waals surface area contributed by atoms with Crippen LogP contribution in [0.2, 0.25) is 0 Å². The Bertz CT molecular complexity index is 500. The van der Waals surface area contributed by atoms with Crippen LogP contribution >= 0.6 is 0 Å². The highest BCUT2D eigenvalue weighted by atomic mass is 16.4. The van der Waals surface area contributed by atoms with Gasteiger partial charge in [0.15, 0.2) is 0 Å². The number of pyridine rings is 1. The second-order valence-electron chi connectivity index (χ2n) is 4.00. The average molecular weight is 265 g/mol. The fraction of sp³-hybridized carbons (Fsp3) is 0.333. The quantitative estimate of drug-likeness (QED) is 0.780. The fourth-order valence-corrected chi connectivity index (χ4v) is 1.35. The van der Waals surface area contributed by atoms with E-state index < -0.39 is 11.9 Å². The third-order valence-corrected chi connectivity index (χ3v) is 2.38. The molecule has 0 aromatic carbocycles. The minimum Gasteiger partial charge on any atom is -0.478 e. The molecule has 1 aromatic heterocycles. The van der Waals surface area contributed by atoms with Crippen LogP contribution in [0, 0.1) is 0 Å². The van der Waals surface area contributed by atoms with Gasteiger partial charge in [-0.15, -0.1) is 0 Å². The summed E-state index contributed by atoms with van der Waals surface area (Å²) in [6, 6.07) is 2.74. The van der Waals surface area contributed by atoms with E-state index in [4.69, 9.17) is 5.11 Å². The van der Waals surface area contributed by atoms with Crippen LogP contribution in [-0.4, -0.2) is 53.4 Å². The first-order chi connectivity index (χ1) is 8.93. The number of carboxylic acids is 1. The van der Waals surface area contributed by atoms with E-state index in [1.165, 1.54) is 23.2 Å². The molecule has 0 aliphatic carbocycles. The number of nitrogens with zero attached hydrogens (tertiary/aromatic N) is 2. The van der Waals surface area contributed by atoms with Gasteiger partial charge in [0.25, 0.3) is 5.91 Å². The third-order valence-electron chi connectivity index (χ3n) is 2.38. The first-order valence-electron chi connectivity index (χ1n) is 5.60. The summed E-state index contributed by atoms with van der Waals surface area (Å²) < 4.78 is 0. The average Bonchev–Trinajstić information content (AvgIpc) is 2.38. The first-order valence-corrected chi connectivity index (χ1v) is 5.60. The molecule has 7 nitrogen and oxygen atoms in total. The Morgan fingerprint density at radius 3 is 2.63 bits per heavy atom. The summed E-state index contributed by atoms with van der Waals surface area (Å²) in [5.74, 6) is -1.95. The Balaban J connectivity index is 2.64. The molecule has 0 saturated heterocycles. The van der Waals surface area contributed by atoms with Gasteiger partial charge in [-0.05, 0) is 12.1 Å². The molecule has 19 heavy (non-hydrogen) atoms. The Morgan fingerprint density at radius 1 is 1.37 bits per heavy atom. The molecule has 102 valence electrons. The molecule has 0 fully saturated rings. The minimum atomic E-state index is -1.22. The lowest BCUT2D eigenvalue weighted by atomic mass is 10.2. The van der Waals surface area contributed by atoms with E-state index in [0.717, 1.165) is 0 Å². The van der Waals surface area contributed by atoms with Crippen molar-refractivity contribution in [3.63, 3.8) is 0 Å². The number of aromatic nitrogens is 1. The summed E-state index contributed by atoms with van der Waals surface area (Å²) in [4.78, 5) is 39.1. The standard InChI is InChI=1S/C12H15N3O4/c1-15(2)9(16)5-7-14-11(17)10-8(12(18)19)4-3-6-13-10/h3-4,6H,5,7H2,1-2H3,(H,14,17)(H,18,19). The summed E-state index contributed by atoms with van der Waals surface area (Å²) in [7, 11) is 3.23. The highest BCUT2D eigenvalue weighted by Crippen LogP contribution is 2.05. The molecule has 0 radical (unpaired) electrons. The van der Waals surface area contributed by atoms with E-state index in [1.807, 2.05) is 0 Å². The molecule has 0 aliphatic rings. The number of hydrogen-bond donors (Lipinski definition) is 2. The Hall–Kier alpha value is -2.44. The zero-order chi connectivity index (χ0) is 14.4. The Morgan fingerprint density at radius 2 is 2.05 bits per heavy atom. The summed E-state index contributed by atoms with van der Waals surface area (Å²) in [5.41, 5.74) is -0.328. The predicted molar refractivity (Wildman–Crippen MR) is 66.8 cm³/mol. The van der Waals surface area contributed by atoms with E-state index in [9.17, 15) is 14.4 Å². The lowest BCUT2D eigenvalue weighted by Gasteiger charge is -2.10. The van der Waals surface area contributed by atoms with Crippen molar-refractivity contribution < 1.29 is 19.5 Å². The molecule has 2 amide bonds. The van der Waals surface area contributed by atoms with E-state index in [0.29, 0.717) is 0 Å². The lowest BCUT2D eigenvalue weighted by molar-refractivity contribution is -0.128. The molecule has 7 heteroatoms. The number of amides is 2. The van der Waals surface area contributed by atoms with Crippen LogP contribution in [0.15, 0.2) is 18.3 Å². The molecule has 1 rings (SSSR count). The van der Waals surface area contributed by atoms with Gasteiger partial charge >= 0.3 is 5.97 Å². The van der Waals surface area contributed by atoms with Crippen molar-refractivity contribution in [2.45, 2.75) is 6.42 Å². The summed E-state index contributed by atoms with van der Waals surface area (Å²) in [5, 5.41) is 11.4. The van der Waals surface area contributed by atoms with E-state index in [2.05, 4.69) is 10.3 Å². The summed E-state index contributed by atoms with van der Waals surface area (Å²) in [6.45, 7) is 0.130. The van der Waals surface area contributed by atoms with E-state index >= 15 is 0 Å². The minimum absolute atomic E-state index is 0.125. The van der Waals surface area contributed by atoms with Crippen molar-refractivity contribution in [2.75, 3.05) is 20.6 Å². The van der Waals surface area contributed by atoms with Gasteiger partial charge in [0.05, 0.1) is 5.56 Å². The lowest BCUT2D eigenvalue weighted by Crippen LogP contribution is -2.31. The molecule has 0 spiro atoms. The van der Waals surface area contributed by atoms with Gasteiger partial charge < -0.3 is 15.3 Å². The molecule has 1 aromatic rings. The van der Waals surface area contributed by atoms with Crippen molar-refractivity contribution in [2.24, 2.45) is 0 Å². The van der Waals surface area contributed by atoms with Gasteiger partial charge in [-0.2, -0.15) is 0 Å². The van der Waals surface area contributed by atoms with Crippen molar-refractivity contribution in [3.05, 3.63) is 29.6 Å². The molecule has 0 saturated carbocycles. The molecule has 0 aliphatic heterocycles. The maximum atomic E-state index is 11.8. The molecule has 0 atom stereocenters. The largest absolute Gasteiger partial charge is 0.478 e. The first kappa shape index (κ1) is 14.6. The highest BCUT2D eigenvalue weighted by molar-refractivity contribution is 6.03. The molecule has 0 unspecified atom stereocenters. The second kappa shape index (κ2) is 6.48. The zero-order valence-corrected chi connectivity index (χ0v) is 10.7. The fourth-order valence-electron chi connectivity index (χ4n) is 1.35. The van der Waals surface area contributed by atoms with Gasteiger partial charge in [0.1, 0.15) is 5.69 Å². The topological polar surface area (TPSA) is 99.6 Å². The maximum absolute atomic E-state index is 11.8. The van der Waals surface area contributed by atoms with Crippen LogP contribution in [0.3, 0.4) is 0 Å². The summed E-state index contributed by atoms with van der Waals surface area (Å²) >= 11 is 0. The van der Waals surface area contributed by atoms with Crippen molar-refractivity contribution in [3.8, 4) is 0 Å². The second-order valence-corrected chi connectivity index (χ2v) is 4.00. The molecular formula is C12H15N3O4. The number of rotatable bonds is 5. The normalized spacial score (nSPS) is 9.79. The number of nitrogens with one attached hydrogen (secondary N) is 1. The van der Waals surface area contributed by atoms with Gasteiger partial charge in [0, 0.05) is 33.3 Å². The van der Waals surface area contributed by atoms with Crippen LogP contribution < -0.4 is 5.32 Å². The monoisotopic (exact) mass is 265 g/mol. The highest BCUT2D eigenvalue weighted by Gasteiger charge is 2.17. The van der Waals surface area contributed by atoms with Crippen LogP contribution in [0.25, 0.3) is 0 Å². The van der Waals surface area contributed by atoms with E-state index in [-0.39, 0.29) is 30.1 Å². The maximum Gasteiger partial charge on any atom is 0.338 e. The molecule has 0 bridgehead atoms. The summed E-state index contributed by atoms with van der Waals surface area (Å²) in [6.07, 6.45) is 1.49. The SMILES string of the molecule is CN(C)C(=O)CCNC(=O)c1ncccc1C(=O)O. The van der Waals surface area contributed by atoms with Crippen molar-refractivity contribution in [1.82, 2.24) is 15.2 Å². The molecule has 1 heterocycles. The van der Waals surface area contributed by atoms with Crippen LogP contribution in [0.4, 0.5) is 0 Å². The van der Waals surface area contributed by atoms with Crippen LogP contribution in [-0.2, 0) is 4.79 Å². The predicted octanol–water partition coefficient (Wildman–Crippen LogP) is -0.0121. The van der Waals surface area contributed by atoms with Crippen molar-refractivity contribution >= 4 is 17.8 Å². The zero-order valence-electron chi connectivity index (χ0n) is 10.7. The van der Waals surface area contributed by atoms with Gasteiger partial charge in [0.2, 0.25) is 5.91 Å². The smallest absolute Gasteiger partial charge is 0.338 e. The molecular weight excluding hydrogens is 250 g/mol. The van der Waals surface area contributed by atoms with Crippen LogP contribution in [0.5, 0.6) is 0 Å². The van der Waals surface area contributed by atoms with Gasteiger partial charge in [-0.3, -0.25) is 14.6 Å². The Kier molecular flexibility index (Phi) is 4.99. The van der Waals surface area contributed by atoms with Crippen LogP contribution in [0.1, 0.15) is 27.3 Å². The number of carbonyl (C=O) groups is 3. The Labute approximate surface area is 110 Å². The third kappa shape index (κ3) is 4.06. The number of carboxylic acid groups (broad SMARTS) is 1. The number of aromatic carboxylic acids is 1. The van der Waals surface area contributed by atoms with E-state index in [1.54, 1.807) is 14.1 Å². The number of carbonyl (C=O) groups excluding carboxylic acids is 2.